The van der Waals surface area contributed by atoms with Crippen molar-refractivity contribution in [2.45, 2.75) is 70.8 Å². The van der Waals surface area contributed by atoms with Crippen molar-refractivity contribution in [3.63, 3.8) is 0 Å². The Labute approximate surface area is 179 Å². The molecule has 158 valence electrons. The quantitative estimate of drug-likeness (QED) is 0.199. The molecule has 8 heteroatoms. The molecule has 0 bridgehead atoms. The number of halogens is 2. The van der Waals surface area contributed by atoms with Gasteiger partial charge in [-0.25, -0.2) is 0 Å². The van der Waals surface area contributed by atoms with Gasteiger partial charge in [0.1, 0.15) is 0 Å². The second-order valence-electron chi connectivity index (χ2n) is 8.28. The smallest absolute Gasteiger partial charge is 0.324 e. The maximum Gasteiger partial charge on any atom is 0.324 e. The molecule has 1 fully saturated rings. The highest BCUT2D eigenvalue weighted by Crippen LogP contribution is 2.64. The van der Waals surface area contributed by atoms with Gasteiger partial charge in [0.2, 0.25) is 0 Å². The van der Waals surface area contributed by atoms with Crippen molar-refractivity contribution in [1.29, 1.82) is 0 Å². The van der Waals surface area contributed by atoms with Crippen LogP contribution in [-0.4, -0.2) is 54.3 Å². The van der Waals surface area contributed by atoms with Gasteiger partial charge in [-0.15, -0.1) is 0 Å². The highest BCUT2D eigenvalue weighted by atomic mass is 79.9. The Morgan fingerprint density at radius 2 is 1.44 bits per heavy atom. The van der Waals surface area contributed by atoms with Gasteiger partial charge in [-0.3, -0.25) is 9.59 Å². The van der Waals surface area contributed by atoms with Gasteiger partial charge in [-0.05, 0) is 39.5 Å². The fraction of sp³-hybridized carbons (Fsp3) is 0.895. The van der Waals surface area contributed by atoms with Crippen molar-refractivity contribution in [3.05, 3.63) is 0 Å². The number of hydrogen-bond acceptors (Lipinski definition) is 6. The third-order valence-corrected chi connectivity index (χ3v) is 7.12. The van der Waals surface area contributed by atoms with E-state index in [4.69, 9.17) is 18.9 Å². The van der Waals surface area contributed by atoms with Crippen molar-refractivity contribution in [2.75, 3.05) is 19.5 Å². The summed E-state index contributed by atoms with van der Waals surface area (Å²) in [4.78, 5) is 25.8. The van der Waals surface area contributed by atoms with E-state index in [1.54, 1.807) is 27.7 Å². The predicted octanol–water partition coefficient (Wildman–Crippen LogP) is 4.07. The zero-order chi connectivity index (χ0) is 21.2. The maximum atomic E-state index is 13.1. The van der Waals surface area contributed by atoms with Crippen LogP contribution >= 0.6 is 31.9 Å². The molecule has 0 N–H and O–H groups in total. The fourth-order valence-corrected chi connectivity index (χ4v) is 6.93. The van der Waals surface area contributed by atoms with Gasteiger partial charge in [0.05, 0.1) is 22.4 Å². The summed E-state index contributed by atoms with van der Waals surface area (Å²) < 4.78 is 22.3. The van der Waals surface area contributed by atoms with Crippen LogP contribution in [0, 0.1) is 16.7 Å². The Bertz CT molecular complexity index is 512. The largest absolute Gasteiger partial charge is 0.462 e. The van der Waals surface area contributed by atoms with Crippen LogP contribution in [0.5, 0.6) is 0 Å². The van der Waals surface area contributed by atoms with Crippen molar-refractivity contribution < 1.29 is 28.5 Å². The minimum Gasteiger partial charge on any atom is -0.462 e. The number of rotatable bonds is 9. The monoisotopic (exact) mass is 514 g/mol. The summed E-state index contributed by atoms with van der Waals surface area (Å²) >= 11 is 7.12. The van der Waals surface area contributed by atoms with Gasteiger partial charge < -0.3 is 18.9 Å². The van der Waals surface area contributed by atoms with Crippen LogP contribution < -0.4 is 0 Å². The van der Waals surface area contributed by atoms with Crippen molar-refractivity contribution in [3.8, 4) is 0 Å². The van der Waals surface area contributed by atoms with E-state index in [0.717, 1.165) is 0 Å². The molecule has 2 unspecified atom stereocenters. The first-order chi connectivity index (χ1) is 12.3. The fourth-order valence-electron chi connectivity index (χ4n) is 3.99. The predicted molar refractivity (Wildman–Crippen MR) is 110 cm³/mol. The molecule has 0 heterocycles. The van der Waals surface area contributed by atoms with E-state index >= 15 is 0 Å². The summed E-state index contributed by atoms with van der Waals surface area (Å²) in [7, 11) is 3.07. The average molecular weight is 516 g/mol. The first-order valence-corrected chi connectivity index (χ1v) is 11.1. The third kappa shape index (κ3) is 4.54. The number of carbonyl (C=O) groups excluding carboxylic acids is 2. The van der Waals surface area contributed by atoms with Crippen LogP contribution in [0.25, 0.3) is 0 Å². The molecule has 1 aliphatic carbocycles. The number of methoxy groups -OCH3 is 2. The van der Waals surface area contributed by atoms with E-state index in [-0.39, 0.29) is 17.6 Å². The Kier molecular flexibility index (Phi) is 8.37. The number of ether oxygens (including phenoxy) is 4. The molecule has 27 heavy (non-hydrogen) atoms. The summed E-state index contributed by atoms with van der Waals surface area (Å²) in [6.07, 6.45) is -0.356. The Morgan fingerprint density at radius 1 is 1.04 bits per heavy atom. The van der Waals surface area contributed by atoms with E-state index in [0.29, 0.717) is 11.8 Å². The first-order valence-electron chi connectivity index (χ1n) is 9.07. The van der Waals surface area contributed by atoms with Crippen molar-refractivity contribution in [1.82, 2.24) is 0 Å². The Hall–Kier alpha value is -0.180. The van der Waals surface area contributed by atoms with Crippen LogP contribution in [0.3, 0.4) is 0 Å². The summed E-state index contributed by atoms with van der Waals surface area (Å²) in [5.41, 5.74) is -1.76. The molecule has 1 rings (SSSR count). The maximum absolute atomic E-state index is 13.1. The zero-order valence-corrected chi connectivity index (χ0v) is 20.6. The minimum atomic E-state index is -1.42. The molecule has 1 saturated carbocycles. The van der Waals surface area contributed by atoms with Gasteiger partial charge in [0.15, 0.2) is 11.2 Å². The minimum absolute atomic E-state index is 0.329. The Balaban J connectivity index is 3.48. The van der Waals surface area contributed by atoms with Gasteiger partial charge in [0.25, 0.3) is 0 Å². The number of carbonyl (C=O) groups is 2. The number of alkyl halides is 2. The van der Waals surface area contributed by atoms with Crippen LogP contribution in [0.15, 0.2) is 0 Å². The van der Waals surface area contributed by atoms with Gasteiger partial charge in [0, 0.05) is 20.1 Å². The van der Waals surface area contributed by atoms with Crippen LogP contribution in [0.1, 0.15) is 48.0 Å². The SMILES string of the molecule is COC(CBr)(OC)C(Br)C1C(C)(C)CC1(C(=O)OC(C)C)C(=O)OC(C)C. The summed E-state index contributed by atoms with van der Waals surface area (Å²) in [5.74, 6) is -2.65. The Morgan fingerprint density at radius 3 is 1.70 bits per heavy atom. The topological polar surface area (TPSA) is 71.1 Å². The van der Waals surface area contributed by atoms with E-state index in [1.807, 2.05) is 13.8 Å². The lowest BCUT2D eigenvalue weighted by molar-refractivity contribution is -0.239. The van der Waals surface area contributed by atoms with Gasteiger partial charge in [-0.1, -0.05) is 45.7 Å². The molecule has 0 aliphatic heterocycles. The normalized spacial score (nSPS) is 22.3. The molecule has 0 spiro atoms. The molecule has 0 aromatic heterocycles. The van der Waals surface area contributed by atoms with Crippen LogP contribution in [-0.2, 0) is 28.5 Å². The molecular formula is C19H32Br2O6. The summed E-state index contributed by atoms with van der Waals surface area (Å²) in [5, 5.41) is 0.351. The molecule has 1 aliphatic rings. The summed E-state index contributed by atoms with van der Waals surface area (Å²) in [6, 6.07) is 0. The second-order valence-corrected chi connectivity index (χ2v) is 9.83. The zero-order valence-electron chi connectivity index (χ0n) is 17.4. The highest BCUT2D eigenvalue weighted by molar-refractivity contribution is 9.10. The van der Waals surface area contributed by atoms with Gasteiger partial charge in [-0.2, -0.15) is 0 Å². The molecule has 0 radical (unpaired) electrons. The number of hydrogen-bond donors (Lipinski definition) is 0. The first kappa shape index (κ1) is 24.9. The molecule has 0 aromatic rings. The highest BCUT2D eigenvalue weighted by Gasteiger charge is 2.73. The molecular weight excluding hydrogens is 484 g/mol. The molecule has 0 aromatic carbocycles. The standard InChI is InChI=1S/C19H32Br2O6/c1-11(2)26-15(22)18(16(23)27-12(3)4)9-17(5,6)13(18)14(21)19(10-20,24-7)25-8/h11-14H,9-10H2,1-8H3. The lowest BCUT2D eigenvalue weighted by Crippen LogP contribution is -2.69. The molecule has 0 saturated heterocycles. The average Bonchev–Trinajstić information content (AvgIpc) is 2.53. The van der Waals surface area contributed by atoms with E-state index in [1.165, 1.54) is 14.2 Å². The van der Waals surface area contributed by atoms with E-state index in [9.17, 15) is 9.59 Å². The second kappa shape index (κ2) is 9.09. The molecule has 2 atom stereocenters. The number of esters is 2. The van der Waals surface area contributed by atoms with Crippen LogP contribution in [0.2, 0.25) is 0 Å². The van der Waals surface area contributed by atoms with E-state index in [2.05, 4.69) is 31.9 Å². The lowest BCUT2D eigenvalue weighted by Gasteiger charge is -2.60. The van der Waals surface area contributed by atoms with Gasteiger partial charge >= 0.3 is 11.9 Å². The molecule has 0 amide bonds. The third-order valence-electron chi connectivity index (χ3n) is 5.11. The summed E-state index contributed by atoms with van der Waals surface area (Å²) in [6.45, 7) is 11.1. The molecule has 6 nitrogen and oxygen atoms in total. The van der Waals surface area contributed by atoms with Crippen molar-refractivity contribution >= 4 is 43.8 Å². The van der Waals surface area contributed by atoms with Crippen LogP contribution in [0.4, 0.5) is 0 Å². The lowest BCUT2D eigenvalue weighted by atomic mass is 9.45. The van der Waals surface area contributed by atoms with E-state index < -0.39 is 33.9 Å². The van der Waals surface area contributed by atoms with Crippen molar-refractivity contribution in [2.24, 2.45) is 16.7 Å².